The fourth-order valence-electron chi connectivity index (χ4n) is 2.37. The topological polar surface area (TPSA) is 15.3 Å². The SMILES string of the molecule is Cc1ccc(NC(=S)N(Cc2ccccc2)CC(F)(F)F)c(C)c1. The van der Waals surface area contributed by atoms with E-state index in [1.54, 1.807) is 24.3 Å². The van der Waals surface area contributed by atoms with E-state index in [4.69, 9.17) is 12.2 Å². The molecular formula is C18H19F3N2S. The molecule has 0 aliphatic heterocycles. The molecule has 1 N–H and O–H groups in total. The second-order valence-corrected chi connectivity index (χ2v) is 6.09. The van der Waals surface area contributed by atoms with Crippen molar-refractivity contribution < 1.29 is 13.2 Å². The van der Waals surface area contributed by atoms with Crippen molar-refractivity contribution in [2.24, 2.45) is 0 Å². The fourth-order valence-corrected chi connectivity index (χ4v) is 2.61. The van der Waals surface area contributed by atoms with Crippen LogP contribution in [0.25, 0.3) is 0 Å². The van der Waals surface area contributed by atoms with Gasteiger partial charge in [0.2, 0.25) is 0 Å². The van der Waals surface area contributed by atoms with Crippen molar-refractivity contribution in [1.29, 1.82) is 0 Å². The van der Waals surface area contributed by atoms with Gasteiger partial charge < -0.3 is 10.2 Å². The van der Waals surface area contributed by atoms with E-state index in [0.717, 1.165) is 21.6 Å². The zero-order chi connectivity index (χ0) is 17.7. The Bertz CT molecular complexity index is 699. The van der Waals surface area contributed by atoms with Crippen molar-refractivity contribution in [2.45, 2.75) is 26.6 Å². The van der Waals surface area contributed by atoms with Crippen LogP contribution in [0.4, 0.5) is 18.9 Å². The van der Waals surface area contributed by atoms with E-state index in [1.807, 2.05) is 38.1 Å². The van der Waals surface area contributed by atoms with Crippen LogP contribution in [0.2, 0.25) is 0 Å². The Morgan fingerprint density at radius 1 is 1.08 bits per heavy atom. The lowest BCUT2D eigenvalue weighted by molar-refractivity contribution is -0.138. The van der Waals surface area contributed by atoms with Crippen LogP contribution < -0.4 is 5.32 Å². The highest BCUT2D eigenvalue weighted by atomic mass is 32.1. The van der Waals surface area contributed by atoms with Crippen molar-refractivity contribution in [1.82, 2.24) is 4.90 Å². The minimum Gasteiger partial charge on any atom is -0.336 e. The first kappa shape index (κ1) is 18.3. The first-order valence-corrected chi connectivity index (χ1v) is 7.89. The number of nitrogens with one attached hydrogen (secondary N) is 1. The minimum absolute atomic E-state index is 0.0585. The Balaban J connectivity index is 2.17. The van der Waals surface area contributed by atoms with E-state index in [2.05, 4.69) is 5.32 Å². The number of rotatable bonds is 4. The number of alkyl halides is 3. The number of halogens is 3. The van der Waals surface area contributed by atoms with Crippen LogP contribution in [-0.2, 0) is 6.54 Å². The zero-order valence-corrected chi connectivity index (χ0v) is 14.3. The maximum Gasteiger partial charge on any atom is 0.406 e. The highest BCUT2D eigenvalue weighted by Gasteiger charge is 2.32. The molecule has 2 aromatic rings. The Labute approximate surface area is 145 Å². The van der Waals surface area contributed by atoms with E-state index in [9.17, 15) is 13.2 Å². The molecule has 0 bridgehead atoms. The number of hydrogen-bond donors (Lipinski definition) is 1. The Kier molecular flexibility index (Phi) is 5.83. The predicted molar refractivity (Wildman–Crippen MR) is 95.0 cm³/mol. The van der Waals surface area contributed by atoms with Gasteiger partial charge in [0.1, 0.15) is 6.54 Å². The molecule has 0 amide bonds. The van der Waals surface area contributed by atoms with Gasteiger partial charge in [0.05, 0.1) is 0 Å². The van der Waals surface area contributed by atoms with Crippen molar-refractivity contribution in [3.05, 3.63) is 65.2 Å². The van der Waals surface area contributed by atoms with Gasteiger partial charge >= 0.3 is 6.18 Å². The highest BCUT2D eigenvalue weighted by molar-refractivity contribution is 7.80. The lowest BCUT2D eigenvalue weighted by Crippen LogP contribution is -2.40. The number of nitrogens with zero attached hydrogens (tertiary/aromatic N) is 1. The molecule has 6 heteroatoms. The molecule has 2 nitrogen and oxygen atoms in total. The maximum absolute atomic E-state index is 12.9. The number of hydrogen-bond acceptors (Lipinski definition) is 1. The number of thiocarbonyl (C=S) groups is 1. The van der Waals surface area contributed by atoms with Gasteiger partial charge in [-0.3, -0.25) is 0 Å². The van der Waals surface area contributed by atoms with E-state index < -0.39 is 12.7 Å². The molecule has 0 aromatic heterocycles. The number of aryl methyl sites for hydroxylation is 2. The normalized spacial score (nSPS) is 11.2. The van der Waals surface area contributed by atoms with Crippen LogP contribution >= 0.6 is 12.2 Å². The number of anilines is 1. The quantitative estimate of drug-likeness (QED) is 0.774. The van der Waals surface area contributed by atoms with Crippen molar-refractivity contribution >= 4 is 23.0 Å². The highest BCUT2D eigenvalue weighted by Crippen LogP contribution is 2.21. The summed E-state index contributed by atoms with van der Waals surface area (Å²) in [4.78, 5) is 1.13. The van der Waals surface area contributed by atoms with Crippen LogP contribution in [0.3, 0.4) is 0 Å². The van der Waals surface area contributed by atoms with Crippen LogP contribution in [0, 0.1) is 13.8 Å². The summed E-state index contributed by atoms with van der Waals surface area (Å²) in [6.07, 6.45) is -4.33. The summed E-state index contributed by atoms with van der Waals surface area (Å²) in [7, 11) is 0. The summed E-state index contributed by atoms with van der Waals surface area (Å²) in [5.41, 5.74) is 3.50. The van der Waals surface area contributed by atoms with Gasteiger partial charge in [-0.1, -0.05) is 48.0 Å². The fraction of sp³-hybridized carbons (Fsp3) is 0.278. The molecule has 0 atom stereocenters. The second kappa shape index (κ2) is 7.66. The van der Waals surface area contributed by atoms with Crippen molar-refractivity contribution in [3.8, 4) is 0 Å². The predicted octanol–water partition coefficient (Wildman–Crippen LogP) is 5.06. The Morgan fingerprint density at radius 2 is 1.75 bits per heavy atom. The number of benzene rings is 2. The summed E-state index contributed by atoms with van der Waals surface area (Å²) in [6, 6.07) is 14.6. The molecule has 0 heterocycles. The molecule has 128 valence electrons. The van der Waals surface area contributed by atoms with Gasteiger partial charge in [-0.2, -0.15) is 13.2 Å². The van der Waals surface area contributed by atoms with E-state index >= 15 is 0 Å². The second-order valence-electron chi connectivity index (χ2n) is 5.71. The molecule has 0 aliphatic carbocycles. The molecule has 0 aliphatic rings. The molecule has 0 saturated carbocycles. The van der Waals surface area contributed by atoms with Gasteiger partial charge in [0.15, 0.2) is 5.11 Å². The molecule has 0 radical (unpaired) electrons. The largest absolute Gasteiger partial charge is 0.406 e. The van der Waals surface area contributed by atoms with E-state index in [-0.39, 0.29) is 11.7 Å². The third kappa shape index (κ3) is 5.53. The van der Waals surface area contributed by atoms with Crippen molar-refractivity contribution in [3.63, 3.8) is 0 Å². The standard InChI is InChI=1S/C18H19F3N2S/c1-13-8-9-16(14(2)10-13)22-17(24)23(12-18(19,20)21)11-15-6-4-3-5-7-15/h3-10H,11-12H2,1-2H3,(H,22,24). The maximum atomic E-state index is 12.9. The minimum atomic E-state index is -4.33. The molecule has 0 unspecified atom stereocenters. The third-order valence-electron chi connectivity index (χ3n) is 3.50. The van der Waals surface area contributed by atoms with Crippen LogP contribution in [0.5, 0.6) is 0 Å². The van der Waals surface area contributed by atoms with Gasteiger partial charge in [-0.15, -0.1) is 0 Å². The first-order valence-electron chi connectivity index (χ1n) is 7.48. The van der Waals surface area contributed by atoms with Crippen LogP contribution in [0.15, 0.2) is 48.5 Å². The lowest BCUT2D eigenvalue weighted by atomic mass is 10.1. The lowest BCUT2D eigenvalue weighted by Gasteiger charge is -2.27. The van der Waals surface area contributed by atoms with Gasteiger partial charge in [-0.05, 0) is 43.3 Å². The Hall–Kier alpha value is -2.08. The molecule has 2 rings (SSSR count). The summed E-state index contributed by atoms with van der Waals surface area (Å²) in [5, 5.41) is 3.00. The molecular weight excluding hydrogens is 333 g/mol. The van der Waals surface area contributed by atoms with Crippen molar-refractivity contribution in [2.75, 3.05) is 11.9 Å². The van der Waals surface area contributed by atoms with E-state index in [1.165, 1.54) is 0 Å². The Morgan fingerprint density at radius 3 is 2.33 bits per heavy atom. The van der Waals surface area contributed by atoms with E-state index in [0.29, 0.717) is 5.69 Å². The zero-order valence-electron chi connectivity index (χ0n) is 13.5. The summed E-state index contributed by atoms with van der Waals surface area (Å²) in [5.74, 6) is 0. The third-order valence-corrected chi connectivity index (χ3v) is 3.86. The smallest absolute Gasteiger partial charge is 0.336 e. The summed E-state index contributed by atoms with van der Waals surface area (Å²) >= 11 is 5.23. The molecule has 2 aromatic carbocycles. The average Bonchev–Trinajstić information content (AvgIpc) is 2.49. The summed E-state index contributed by atoms with van der Waals surface area (Å²) in [6.45, 7) is 2.85. The molecule has 0 spiro atoms. The van der Waals surface area contributed by atoms with Crippen LogP contribution in [0.1, 0.15) is 16.7 Å². The van der Waals surface area contributed by atoms with Gasteiger partial charge in [-0.25, -0.2) is 0 Å². The van der Waals surface area contributed by atoms with Crippen LogP contribution in [-0.4, -0.2) is 22.7 Å². The molecule has 24 heavy (non-hydrogen) atoms. The average molecular weight is 352 g/mol. The molecule has 0 fully saturated rings. The monoisotopic (exact) mass is 352 g/mol. The van der Waals surface area contributed by atoms with Gasteiger partial charge in [0, 0.05) is 12.2 Å². The summed E-state index contributed by atoms with van der Waals surface area (Å²) < 4.78 is 38.7. The molecule has 0 saturated heterocycles. The van der Waals surface area contributed by atoms with Gasteiger partial charge in [0.25, 0.3) is 0 Å². The first-order chi connectivity index (χ1) is 11.2.